The van der Waals surface area contributed by atoms with Gasteiger partial charge in [-0.15, -0.1) is 0 Å². The zero-order valence-corrected chi connectivity index (χ0v) is 14.4. The quantitative estimate of drug-likeness (QED) is 0.791. The van der Waals surface area contributed by atoms with Gasteiger partial charge in [0.2, 0.25) is 5.43 Å². The first kappa shape index (κ1) is 16.5. The maximum Gasteiger partial charge on any atom is 0.259 e. The normalized spacial score (nSPS) is 17.4. The molecule has 1 atom stereocenters. The molecule has 0 aliphatic carbocycles. The third-order valence-corrected chi connectivity index (χ3v) is 4.75. The highest BCUT2D eigenvalue weighted by Gasteiger charge is 2.27. The molecule has 26 heavy (non-hydrogen) atoms. The number of aromatic amines is 1. The molecule has 2 heterocycles. The van der Waals surface area contributed by atoms with E-state index in [-0.39, 0.29) is 23.0 Å². The van der Waals surface area contributed by atoms with Crippen LogP contribution in [0, 0.1) is 0 Å². The number of benzene rings is 2. The molecule has 1 aliphatic rings. The lowest BCUT2D eigenvalue weighted by atomic mass is 10.1. The van der Waals surface area contributed by atoms with Gasteiger partial charge in [-0.3, -0.25) is 9.59 Å². The molecule has 0 unspecified atom stereocenters. The number of carbonyl (C=O) groups excluding carboxylic acids is 1. The largest absolute Gasteiger partial charge is 0.374 e. The van der Waals surface area contributed by atoms with Gasteiger partial charge in [0.05, 0.1) is 12.7 Å². The Hall–Kier alpha value is -2.92. The third-order valence-electron chi connectivity index (χ3n) is 4.75. The summed E-state index contributed by atoms with van der Waals surface area (Å²) >= 11 is 0. The number of ether oxygens (including phenoxy) is 1. The Bertz CT molecular complexity index is 981. The highest BCUT2D eigenvalue weighted by atomic mass is 16.5. The van der Waals surface area contributed by atoms with Gasteiger partial charge in [-0.1, -0.05) is 42.5 Å². The molecule has 0 spiro atoms. The van der Waals surface area contributed by atoms with E-state index < -0.39 is 0 Å². The van der Waals surface area contributed by atoms with Crippen LogP contribution in [0.3, 0.4) is 0 Å². The van der Waals surface area contributed by atoms with Crippen LogP contribution in [0.5, 0.6) is 0 Å². The van der Waals surface area contributed by atoms with Crippen LogP contribution >= 0.6 is 0 Å². The van der Waals surface area contributed by atoms with Crippen molar-refractivity contribution in [3.05, 3.63) is 82.1 Å². The summed E-state index contributed by atoms with van der Waals surface area (Å²) in [6, 6.07) is 17.3. The number of hydrogen-bond donors (Lipinski definition) is 1. The molecule has 2 aromatic carbocycles. The number of hydrogen-bond acceptors (Lipinski definition) is 3. The number of nitrogens with one attached hydrogen (secondary N) is 1. The van der Waals surface area contributed by atoms with Crippen LogP contribution in [0.25, 0.3) is 10.9 Å². The summed E-state index contributed by atoms with van der Waals surface area (Å²) in [6.45, 7) is 1.46. The molecule has 5 heteroatoms. The average molecular weight is 348 g/mol. The number of morpholine rings is 1. The standard InChI is InChI=1S/C21H20N2O3/c24-20-17-8-4-5-9-19(17)22-13-18(20)21(25)23-10-11-26-16(14-23)12-15-6-2-1-3-7-15/h1-9,13,16H,10-12,14H2,(H,22,24)/t16-/m1/s1. The van der Waals surface area contributed by atoms with E-state index in [0.717, 1.165) is 11.9 Å². The highest BCUT2D eigenvalue weighted by Crippen LogP contribution is 2.14. The first-order valence-corrected chi connectivity index (χ1v) is 8.77. The molecule has 1 fully saturated rings. The van der Waals surface area contributed by atoms with Crippen molar-refractivity contribution in [2.75, 3.05) is 19.7 Å². The van der Waals surface area contributed by atoms with Crippen LogP contribution in [0.2, 0.25) is 0 Å². The fourth-order valence-electron chi connectivity index (χ4n) is 3.40. The zero-order valence-electron chi connectivity index (χ0n) is 14.4. The predicted molar refractivity (Wildman–Crippen MR) is 100 cm³/mol. The number of rotatable bonds is 3. The van der Waals surface area contributed by atoms with E-state index in [1.54, 1.807) is 17.0 Å². The Morgan fingerprint density at radius 2 is 1.88 bits per heavy atom. The number of amides is 1. The molecule has 0 radical (unpaired) electrons. The Morgan fingerprint density at radius 1 is 1.12 bits per heavy atom. The van der Waals surface area contributed by atoms with Crippen LogP contribution in [-0.2, 0) is 11.2 Å². The van der Waals surface area contributed by atoms with Crippen LogP contribution in [0.4, 0.5) is 0 Å². The van der Waals surface area contributed by atoms with Gasteiger partial charge in [0.15, 0.2) is 0 Å². The molecule has 132 valence electrons. The van der Waals surface area contributed by atoms with Crippen LogP contribution in [0.15, 0.2) is 65.6 Å². The van der Waals surface area contributed by atoms with Gasteiger partial charge < -0.3 is 14.6 Å². The van der Waals surface area contributed by atoms with Crippen molar-refractivity contribution in [2.45, 2.75) is 12.5 Å². The first-order valence-electron chi connectivity index (χ1n) is 8.77. The van der Waals surface area contributed by atoms with Gasteiger partial charge in [-0.2, -0.15) is 0 Å². The van der Waals surface area contributed by atoms with Crippen molar-refractivity contribution >= 4 is 16.8 Å². The van der Waals surface area contributed by atoms with Gasteiger partial charge in [-0.25, -0.2) is 0 Å². The molecule has 1 aromatic heterocycles. The molecule has 1 amide bonds. The Morgan fingerprint density at radius 3 is 2.73 bits per heavy atom. The summed E-state index contributed by atoms with van der Waals surface area (Å²) in [5.41, 5.74) is 1.87. The lowest BCUT2D eigenvalue weighted by Gasteiger charge is -2.33. The number of aromatic nitrogens is 1. The summed E-state index contributed by atoms with van der Waals surface area (Å²) in [5, 5.41) is 0.535. The van der Waals surface area contributed by atoms with Crippen molar-refractivity contribution in [1.29, 1.82) is 0 Å². The van der Waals surface area contributed by atoms with Crippen LogP contribution in [-0.4, -0.2) is 41.6 Å². The van der Waals surface area contributed by atoms with Crippen molar-refractivity contribution < 1.29 is 9.53 Å². The van der Waals surface area contributed by atoms with E-state index in [1.165, 1.54) is 11.8 Å². The highest BCUT2D eigenvalue weighted by molar-refractivity contribution is 5.97. The second-order valence-electron chi connectivity index (χ2n) is 6.51. The molecule has 1 N–H and O–H groups in total. The monoisotopic (exact) mass is 348 g/mol. The summed E-state index contributed by atoms with van der Waals surface area (Å²) in [4.78, 5) is 30.4. The van der Waals surface area contributed by atoms with Gasteiger partial charge in [-0.05, 0) is 17.7 Å². The van der Waals surface area contributed by atoms with Crippen molar-refractivity contribution in [1.82, 2.24) is 9.88 Å². The number of H-pyrrole nitrogens is 1. The summed E-state index contributed by atoms with van der Waals surface area (Å²) in [6.07, 6.45) is 2.21. The predicted octanol–water partition coefficient (Wildman–Crippen LogP) is 2.61. The second kappa shape index (κ2) is 7.14. The topological polar surface area (TPSA) is 62.4 Å². The summed E-state index contributed by atoms with van der Waals surface area (Å²) in [5.74, 6) is -0.238. The van der Waals surface area contributed by atoms with E-state index in [1.807, 2.05) is 30.3 Å². The Balaban J connectivity index is 1.54. The lowest BCUT2D eigenvalue weighted by molar-refractivity contribution is -0.0208. The molecule has 5 nitrogen and oxygen atoms in total. The minimum absolute atomic E-state index is 0.0605. The number of para-hydroxylation sites is 1. The average Bonchev–Trinajstić information content (AvgIpc) is 2.69. The molecule has 1 aliphatic heterocycles. The summed E-state index contributed by atoms with van der Waals surface area (Å²) in [7, 11) is 0. The zero-order chi connectivity index (χ0) is 17.9. The van der Waals surface area contributed by atoms with Crippen molar-refractivity contribution in [2.24, 2.45) is 0 Å². The summed E-state index contributed by atoms with van der Waals surface area (Å²) < 4.78 is 5.82. The molecular formula is C21H20N2O3. The van der Waals surface area contributed by atoms with Gasteiger partial charge >= 0.3 is 0 Å². The van der Waals surface area contributed by atoms with Crippen LogP contribution in [0.1, 0.15) is 15.9 Å². The van der Waals surface area contributed by atoms with Crippen LogP contribution < -0.4 is 5.43 Å². The van der Waals surface area contributed by atoms with Crippen molar-refractivity contribution in [3.8, 4) is 0 Å². The van der Waals surface area contributed by atoms with E-state index in [2.05, 4.69) is 17.1 Å². The number of pyridine rings is 1. The van der Waals surface area contributed by atoms with E-state index >= 15 is 0 Å². The lowest BCUT2D eigenvalue weighted by Crippen LogP contribution is -2.47. The fourth-order valence-corrected chi connectivity index (χ4v) is 3.40. The SMILES string of the molecule is O=C(c1c[nH]c2ccccc2c1=O)N1CCO[C@H](Cc2ccccc2)C1. The second-order valence-corrected chi connectivity index (χ2v) is 6.51. The number of fused-ring (bicyclic) bond motifs is 1. The van der Waals surface area contributed by atoms with Gasteiger partial charge in [0.1, 0.15) is 5.56 Å². The van der Waals surface area contributed by atoms with Gasteiger partial charge in [0, 0.05) is 36.6 Å². The molecule has 3 aromatic rings. The Labute approximate surface area is 151 Å². The minimum atomic E-state index is -0.238. The first-order chi connectivity index (χ1) is 12.7. The Kier molecular flexibility index (Phi) is 4.54. The van der Waals surface area contributed by atoms with E-state index in [4.69, 9.17) is 4.74 Å². The molecule has 0 bridgehead atoms. The smallest absolute Gasteiger partial charge is 0.259 e. The number of carbonyl (C=O) groups is 1. The fraction of sp³-hybridized carbons (Fsp3) is 0.238. The van der Waals surface area contributed by atoms with Gasteiger partial charge in [0.25, 0.3) is 5.91 Å². The van der Waals surface area contributed by atoms with E-state index in [0.29, 0.717) is 25.1 Å². The minimum Gasteiger partial charge on any atom is -0.374 e. The van der Waals surface area contributed by atoms with Crippen molar-refractivity contribution in [3.63, 3.8) is 0 Å². The van der Waals surface area contributed by atoms with E-state index in [9.17, 15) is 9.59 Å². The molecule has 4 rings (SSSR count). The molecular weight excluding hydrogens is 328 g/mol. The molecule has 1 saturated heterocycles. The maximum absolute atomic E-state index is 12.9. The number of nitrogens with zero attached hydrogens (tertiary/aromatic N) is 1. The molecule has 0 saturated carbocycles. The third kappa shape index (κ3) is 3.26. The maximum atomic E-state index is 12.9.